The molecule has 0 unspecified atom stereocenters. The van der Waals surface area contributed by atoms with Crippen LogP contribution >= 0.6 is 0 Å². The van der Waals surface area contributed by atoms with Crippen LogP contribution in [0.3, 0.4) is 0 Å². The van der Waals surface area contributed by atoms with E-state index < -0.39 is 5.69 Å². The molecule has 0 saturated carbocycles. The van der Waals surface area contributed by atoms with E-state index in [0.29, 0.717) is 53.1 Å². The van der Waals surface area contributed by atoms with E-state index in [1.165, 1.54) is 4.57 Å². The topological polar surface area (TPSA) is 210 Å². The lowest BCUT2D eigenvalue weighted by Crippen LogP contribution is -2.40. The summed E-state index contributed by atoms with van der Waals surface area (Å²) < 4.78 is 22.7. The van der Waals surface area contributed by atoms with E-state index in [0.717, 1.165) is 30.4 Å². The molecule has 4 rings (SSSR count). The Morgan fingerprint density at radius 2 is 1.82 bits per heavy atom. The van der Waals surface area contributed by atoms with Crippen molar-refractivity contribution >= 4 is 23.0 Å². The van der Waals surface area contributed by atoms with E-state index >= 15 is 4.39 Å². The molecule has 0 aliphatic rings. The number of aromatic amines is 1. The summed E-state index contributed by atoms with van der Waals surface area (Å²) in [6, 6.07) is 13.0. The van der Waals surface area contributed by atoms with E-state index in [2.05, 4.69) is 20.6 Å². The number of rotatable bonds is 14. The van der Waals surface area contributed by atoms with Gasteiger partial charge in [-0.1, -0.05) is 18.2 Å². The number of nitrogens with two attached hydrogens (primary N) is 3. The highest BCUT2D eigenvalue weighted by Crippen LogP contribution is 2.29. The van der Waals surface area contributed by atoms with Crippen molar-refractivity contribution in [2.75, 3.05) is 13.1 Å². The van der Waals surface area contributed by atoms with E-state index in [4.69, 9.17) is 32.8 Å². The predicted octanol–water partition coefficient (Wildman–Crippen LogP) is 2.74. The molecule has 0 spiro atoms. The van der Waals surface area contributed by atoms with Crippen LogP contribution in [0, 0.1) is 23.6 Å². The van der Waals surface area contributed by atoms with Crippen LogP contribution in [0.1, 0.15) is 42.9 Å². The zero-order valence-electron chi connectivity index (χ0n) is 25.0. The molecule has 44 heavy (non-hydrogen) atoms. The second-order valence-corrected chi connectivity index (χ2v) is 11.0. The summed E-state index contributed by atoms with van der Waals surface area (Å²) in [6.07, 6.45) is 4.55. The number of aromatic nitrogens is 3. The number of nitrogens with one attached hydrogen (secondary N) is 5. The van der Waals surface area contributed by atoms with Crippen LogP contribution in [0.25, 0.3) is 28.0 Å². The van der Waals surface area contributed by atoms with Crippen LogP contribution in [0.5, 0.6) is 0 Å². The van der Waals surface area contributed by atoms with Gasteiger partial charge in [0.1, 0.15) is 11.5 Å². The quantitative estimate of drug-likeness (QED) is 0.0790. The van der Waals surface area contributed by atoms with Crippen LogP contribution in [-0.4, -0.2) is 51.7 Å². The first kappa shape index (κ1) is 32.2. The Balaban J connectivity index is 1.50. The van der Waals surface area contributed by atoms with Gasteiger partial charge in [-0.05, 0) is 80.5 Å². The minimum absolute atomic E-state index is 0.119. The summed E-state index contributed by atoms with van der Waals surface area (Å²) in [5.41, 5.74) is 20.6. The number of halogens is 1. The maximum atomic E-state index is 15.2. The van der Waals surface area contributed by atoms with Gasteiger partial charge < -0.3 is 37.6 Å². The Morgan fingerprint density at radius 1 is 1.09 bits per heavy atom. The zero-order valence-corrected chi connectivity index (χ0v) is 25.0. The van der Waals surface area contributed by atoms with Crippen molar-refractivity contribution < 1.29 is 9.13 Å². The smallest absolute Gasteiger partial charge is 0.354 e. The molecular formula is C31H41FN10O2. The number of H-pyrrole nitrogens is 1. The number of nitrogens with zero attached hydrogens (tertiary/aromatic N) is 2. The highest BCUT2D eigenvalue weighted by Gasteiger charge is 2.15. The van der Waals surface area contributed by atoms with Gasteiger partial charge in [0.05, 0.1) is 24.1 Å². The fourth-order valence-electron chi connectivity index (χ4n) is 4.94. The molecule has 0 bridgehead atoms. The van der Waals surface area contributed by atoms with Crippen molar-refractivity contribution in [3.8, 4) is 16.9 Å². The van der Waals surface area contributed by atoms with Gasteiger partial charge in [0.15, 0.2) is 11.9 Å². The van der Waals surface area contributed by atoms with Crippen molar-refractivity contribution in [1.82, 2.24) is 25.2 Å². The summed E-state index contributed by atoms with van der Waals surface area (Å²) in [5.74, 6) is -0.595. The Bertz CT molecular complexity index is 1660. The molecule has 0 fully saturated rings. The van der Waals surface area contributed by atoms with Crippen LogP contribution < -0.4 is 33.5 Å². The SMILES string of the molecule is Cc1cc(CCC[C@H](C)N)cc(-c2cc3cn(-c4ccc(CO[C@H](CCNC(=N)N)CNC(=N)N)cc4)c(=O)nc3[nH]2)c1F. The highest BCUT2D eigenvalue weighted by atomic mass is 19.1. The van der Waals surface area contributed by atoms with Crippen LogP contribution in [0.15, 0.2) is 53.5 Å². The number of benzene rings is 2. The lowest BCUT2D eigenvalue weighted by molar-refractivity contribution is 0.0389. The third-order valence-electron chi connectivity index (χ3n) is 7.24. The van der Waals surface area contributed by atoms with Crippen molar-refractivity contribution in [2.24, 2.45) is 17.2 Å². The maximum Gasteiger partial charge on any atom is 0.354 e. The van der Waals surface area contributed by atoms with Crippen molar-refractivity contribution in [1.29, 1.82) is 10.8 Å². The Labute approximate surface area is 255 Å². The molecule has 0 radical (unpaired) electrons. The first-order valence-electron chi connectivity index (χ1n) is 14.5. The largest absolute Gasteiger partial charge is 0.372 e. The minimum Gasteiger partial charge on any atom is -0.372 e. The standard InChI is InChI=1S/C31H41FN10O2/c1-18-12-21(5-3-4-19(2)33)13-25(27(18)32)26-14-22-16-42(31(43)41-28(22)40-26)23-8-6-20(7-9-23)17-44-24(15-39-30(36)37)10-11-38-29(34)35/h6-9,12-14,16,19,24H,3-5,10-11,15,17,33H2,1-2H3,(H4,34,35,38)(H4,36,37,39)(H,40,41,43)/t19-,24+/m0/s1. The van der Waals surface area contributed by atoms with Gasteiger partial charge >= 0.3 is 5.69 Å². The highest BCUT2D eigenvalue weighted by molar-refractivity contribution is 5.83. The molecule has 2 atom stereocenters. The summed E-state index contributed by atoms with van der Waals surface area (Å²) >= 11 is 0. The second kappa shape index (κ2) is 14.6. The molecule has 234 valence electrons. The zero-order chi connectivity index (χ0) is 31.8. The Morgan fingerprint density at radius 3 is 2.50 bits per heavy atom. The van der Waals surface area contributed by atoms with E-state index in [-0.39, 0.29) is 36.5 Å². The Hall–Kier alpha value is -4.75. The number of guanidine groups is 2. The molecule has 0 aliphatic heterocycles. The average Bonchev–Trinajstić information content (AvgIpc) is 3.38. The number of fused-ring (bicyclic) bond motifs is 1. The molecule has 2 aromatic heterocycles. The molecule has 11 N–H and O–H groups in total. The molecular weight excluding hydrogens is 563 g/mol. The van der Waals surface area contributed by atoms with Gasteiger partial charge in [-0.2, -0.15) is 4.98 Å². The third kappa shape index (κ3) is 8.64. The van der Waals surface area contributed by atoms with Gasteiger partial charge in [0, 0.05) is 36.3 Å². The van der Waals surface area contributed by atoms with Crippen molar-refractivity contribution in [3.63, 3.8) is 0 Å². The normalized spacial score (nSPS) is 12.6. The van der Waals surface area contributed by atoms with Crippen LogP contribution in [-0.2, 0) is 17.8 Å². The van der Waals surface area contributed by atoms with Crippen LogP contribution in [0.4, 0.5) is 4.39 Å². The maximum absolute atomic E-state index is 15.2. The summed E-state index contributed by atoms with van der Waals surface area (Å²) in [7, 11) is 0. The number of hydrogen-bond acceptors (Lipinski definition) is 6. The van der Waals surface area contributed by atoms with Crippen molar-refractivity contribution in [2.45, 2.75) is 58.3 Å². The van der Waals surface area contributed by atoms with Gasteiger partial charge in [-0.3, -0.25) is 15.4 Å². The average molecular weight is 605 g/mol. The summed E-state index contributed by atoms with van der Waals surface area (Å²) in [4.78, 5) is 20.3. The second-order valence-electron chi connectivity index (χ2n) is 11.0. The lowest BCUT2D eigenvalue weighted by atomic mass is 9.99. The first-order valence-corrected chi connectivity index (χ1v) is 14.5. The molecule has 0 aliphatic carbocycles. The molecule has 2 aromatic carbocycles. The monoisotopic (exact) mass is 604 g/mol. The van der Waals surface area contributed by atoms with E-state index in [1.54, 1.807) is 31.3 Å². The lowest BCUT2D eigenvalue weighted by Gasteiger charge is -2.19. The van der Waals surface area contributed by atoms with Gasteiger partial charge in [-0.15, -0.1) is 0 Å². The van der Waals surface area contributed by atoms with E-state index in [9.17, 15) is 4.79 Å². The first-order chi connectivity index (χ1) is 21.0. The molecule has 0 saturated heterocycles. The van der Waals surface area contributed by atoms with Gasteiger partial charge in [0.25, 0.3) is 0 Å². The fourth-order valence-corrected chi connectivity index (χ4v) is 4.94. The Kier molecular flexibility index (Phi) is 10.7. The van der Waals surface area contributed by atoms with E-state index in [1.807, 2.05) is 31.2 Å². The minimum atomic E-state index is -0.468. The molecule has 2 heterocycles. The number of hydrogen-bond donors (Lipinski definition) is 8. The van der Waals surface area contributed by atoms with Gasteiger partial charge in [0.2, 0.25) is 0 Å². The van der Waals surface area contributed by atoms with Crippen LogP contribution in [0.2, 0.25) is 0 Å². The molecule has 0 amide bonds. The predicted molar refractivity (Wildman–Crippen MR) is 171 cm³/mol. The molecule has 13 heteroatoms. The summed E-state index contributed by atoms with van der Waals surface area (Å²) in [6.45, 7) is 4.78. The molecule has 4 aromatic rings. The summed E-state index contributed by atoms with van der Waals surface area (Å²) in [5, 5.41) is 20.9. The van der Waals surface area contributed by atoms with Gasteiger partial charge in [-0.25, -0.2) is 9.18 Å². The fraction of sp³-hybridized carbons (Fsp3) is 0.355. The third-order valence-corrected chi connectivity index (χ3v) is 7.24. The number of aryl methyl sites for hydroxylation is 2. The number of ether oxygens (including phenoxy) is 1. The molecule has 12 nitrogen and oxygen atoms in total. The van der Waals surface area contributed by atoms with Crippen molar-refractivity contribution in [3.05, 3.63) is 81.7 Å².